The minimum Gasteiger partial charge on any atom is -0.550 e. The van der Waals surface area contributed by atoms with E-state index in [0.717, 1.165) is 6.92 Å². The van der Waals surface area contributed by atoms with E-state index in [1.807, 2.05) is 0 Å². The molecule has 0 spiro atoms. The number of carboxylic acid groups (broad SMARTS) is 1. The second kappa shape index (κ2) is 201. The molecule has 0 aromatic heterocycles. The van der Waals surface area contributed by atoms with E-state index in [2.05, 4.69) is 0 Å². The second-order valence-corrected chi connectivity index (χ2v) is 0.492. The molecule has 20 N–H and O–H groups in total. The van der Waals surface area contributed by atoms with Crippen molar-refractivity contribution in [3.63, 3.8) is 0 Å². The Hall–Kier alpha value is 0.706. The molecule has 0 aliphatic rings. The van der Waals surface area contributed by atoms with Gasteiger partial charge in [-0.25, -0.2) is 0 Å². The Labute approximate surface area is 128 Å². The monoisotopic (exact) mass is 278 g/mol. The van der Waals surface area contributed by atoms with Crippen LogP contribution in [0.4, 0.5) is 0 Å². The van der Waals surface area contributed by atoms with E-state index in [4.69, 9.17) is 9.90 Å². The van der Waals surface area contributed by atoms with Crippen LogP contribution < -0.4 is 56.5 Å². The van der Waals surface area contributed by atoms with Gasteiger partial charge in [0.1, 0.15) is 0 Å². The molecule has 0 amide bonds. The first-order valence-electron chi connectivity index (χ1n) is 0.908. The Morgan fingerprint density at radius 3 is 0.667 bits per heavy atom. The van der Waals surface area contributed by atoms with Crippen LogP contribution in [0.3, 0.4) is 0 Å². The van der Waals surface area contributed by atoms with Crippen LogP contribution in [0, 0.1) is 0 Å². The van der Waals surface area contributed by atoms with E-state index in [-0.39, 0.29) is 106 Å². The maximum atomic E-state index is 8.89. The number of carbonyl (C=O) groups excluding carboxylic acids is 1. The van der Waals surface area contributed by atoms with Gasteiger partial charge in [-0.05, 0) is 6.92 Å². The van der Waals surface area contributed by atoms with Gasteiger partial charge < -0.3 is 64.7 Å². The summed E-state index contributed by atoms with van der Waals surface area (Å²) in [5.74, 6) is -1.08. The maximum Gasteiger partial charge on any atom is 1.00 e. The maximum absolute atomic E-state index is 8.89. The molecule has 13 heteroatoms. The number of hydrogen-bond donors (Lipinski definition) is 0. The summed E-state index contributed by atoms with van der Waals surface area (Å²) in [5, 5.41) is 8.89. The molecular formula is C2H23KO12. The zero-order valence-corrected chi connectivity index (χ0v) is 11.4. The third kappa shape index (κ3) is 4760. The van der Waals surface area contributed by atoms with E-state index in [9.17, 15) is 0 Å². The molecule has 0 aromatic carbocycles. The fraction of sp³-hybridized carbons (Fsp3) is 0.500. The molecule has 0 saturated carbocycles. The van der Waals surface area contributed by atoms with Gasteiger partial charge in [0, 0.05) is 5.97 Å². The molecular weight excluding hydrogens is 255 g/mol. The Kier molecular flexibility index (Phi) is 3320. The largest absolute Gasteiger partial charge is 1.00 e. The minimum atomic E-state index is -1.08. The van der Waals surface area contributed by atoms with Gasteiger partial charge in [-0.2, -0.15) is 0 Å². The van der Waals surface area contributed by atoms with Gasteiger partial charge >= 0.3 is 51.4 Å². The van der Waals surface area contributed by atoms with Crippen molar-refractivity contribution in [2.45, 2.75) is 6.92 Å². The Bertz CT molecular complexity index is 36.6. The fourth-order valence-corrected chi connectivity index (χ4v) is 0. The molecule has 0 radical (unpaired) electrons. The van der Waals surface area contributed by atoms with Crippen molar-refractivity contribution in [2.75, 3.05) is 0 Å². The van der Waals surface area contributed by atoms with Crippen molar-refractivity contribution < 1.29 is 116 Å². The minimum absolute atomic E-state index is 0. The number of carboxylic acids is 1. The normalized spacial score (nSPS) is 1.67. The first-order chi connectivity index (χ1) is 1.73. The molecule has 15 heavy (non-hydrogen) atoms. The zero-order chi connectivity index (χ0) is 3.58. The van der Waals surface area contributed by atoms with Gasteiger partial charge in [0.2, 0.25) is 0 Å². The summed E-state index contributed by atoms with van der Waals surface area (Å²) in [6.45, 7) is 0.972. The first kappa shape index (κ1) is 247. The van der Waals surface area contributed by atoms with Crippen molar-refractivity contribution >= 4 is 5.97 Å². The summed E-state index contributed by atoms with van der Waals surface area (Å²) in [6.07, 6.45) is 0. The number of aliphatic carboxylic acids is 1. The molecule has 0 aromatic rings. The van der Waals surface area contributed by atoms with Gasteiger partial charge in [0.05, 0.1) is 0 Å². The van der Waals surface area contributed by atoms with Gasteiger partial charge in [-0.3, -0.25) is 0 Å². The Morgan fingerprint density at radius 2 is 0.667 bits per heavy atom. The average Bonchev–Trinajstić information content (AvgIpc) is 0.811. The van der Waals surface area contributed by atoms with Crippen molar-refractivity contribution in [1.82, 2.24) is 0 Å². The Morgan fingerprint density at radius 1 is 0.667 bits per heavy atom. The third-order valence-corrected chi connectivity index (χ3v) is 0. The fourth-order valence-electron chi connectivity index (χ4n) is 0. The topological polar surface area (TPSA) is 355 Å². The molecule has 0 heterocycles. The standard InChI is InChI=1S/C2H4O2.K.10H2O/c1-2(3)4;;;;;;;;;;;/h1H3,(H,3,4);;10*1H2/q;+1;;;;;;;;;;/p-1. The van der Waals surface area contributed by atoms with E-state index in [1.165, 1.54) is 0 Å². The van der Waals surface area contributed by atoms with Crippen molar-refractivity contribution in [2.24, 2.45) is 0 Å². The van der Waals surface area contributed by atoms with E-state index in [0.29, 0.717) is 0 Å². The predicted octanol–water partition coefficient (Wildman–Crippen LogP) is -12.5. The summed E-state index contributed by atoms with van der Waals surface area (Å²) >= 11 is 0. The van der Waals surface area contributed by atoms with Crippen LogP contribution in [0.5, 0.6) is 0 Å². The van der Waals surface area contributed by atoms with Crippen LogP contribution in [0.25, 0.3) is 0 Å². The van der Waals surface area contributed by atoms with E-state index < -0.39 is 5.97 Å². The van der Waals surface area contributed by atoms with Crippen LogP contribution in [0.1, 0.15) is 6.92 Å². The number of rotatable bonds is 0. The van der Waals surface area contributed by atoms with E-state index in [1.54, 1.807) is 0 Å². The molecule has 0 unspecified atom stereocenters. The molecule has 12 nitrogen and oxygen atoms in total. The predicted molar refractivity (Wildman–Crippen MR) is 46.8 cm³/mol. The molecule has 0 bridgehead atoms. The van der Waals surface area contributed by atoms with Gasteiger partial charge in [-0.15, -0.1) is 0 Å². The molecule has 0 aliphatic heterocycles. The summed E-state index contributed by atoms with van der Waals surface area (Å²) in [6, 6.07) is 0. The molecule has 0 aliphatic carbocycles. The van der Waals surface area contributed by atoms with Crippen LogP contribution in [0.15, 0.2) is 0 Å². The second-order valence-electron chi connectivity index (χ2n) is 0.492. The summed E-state index contributed by atoms with van der Waals surface area (Å²) in [7, 11) is 0. The van der Waals surface area contributed by atoms with Crippen LogP contribution in [0.2, 0.25) is 0 Å². The summed E-state index contributed by atoms with van der Waals surface area (Å²) in [5.41, 5.74) is 0. The smallest absolute Gasteiger partial charge is 0.550 e. The van der Waals surface area contributed by atoms with Crippen LogP contribution in [-0.4, -0.2) is 60.7 Å². The number of hydrogen-bond acceptors (Lipinski definition) is 2. The van der Waals surface area contributed by atoms with Crippen molar-refractivity contribution in [3.8, 4) is 0 Å². The van der Waals surface area contributed by atoms with Gasteiger partial charge in [0.15, 0.2) is 0 Å². The molecule has 0 saturated heterocycles. The van der Waals surface area contributed by atoms with Crippen LogP contribution >= 0.6 is 0 Å². The van der Waals surface area contributed by atoms with E-state index >= 15 is 0 Å². The summed E-state index contributed by atoms with van der Waals surface area (Å²) < 4.78 is 0. The molecule has 0 rings (SSSR count). The molecule has 0 fully saturated rings. The third-order valence-electron chi connectivity index (χ3n) is 0. The van der Waals surface area contributed by atoms with Crippen molar-refractivity contribution in [1.29, 1.82) is 0 Å². The van der Waals surface area contributed by atoms with Crippen molar-refractivity contribution in [3.05, 3.63) is 0 Å². The molecule has 104 valence electrons. The number of carbonyl (C=O) groups is 1. The van der Waals surface area contributed by atoms with Crippen LogP contribution in [-0.2, 0) is 4.79 Å². The van der Waals surface area contributed by atoms with Gasteiger partial charge in [-0.1, -0.05) is 0 Å². The first-order valence-corrected chi connectivity index (χ1v) is 0.908. The average molecular weight is 278 g/mol. The zero-order valence-electron chi connectivity index (χ0n) is 8.32. The SMILES string of the molecule is CC(=O)[O-].O.O.O.O.O.O.O.O.O.O.[K+]. The summed E-state index contributed by atoms with van der Waals surface area (Å²) in [4.78, 5) is 8.89. The quantitative estimate of drug-likeness (QED) is 0.389. The van der Waals surface area contributed by atoms with Gasteiger partial charge in [0.25, 0.3) is 0 Å². The molecule has 0 atom stereocenters. The Balaban J connectivity index is -0.000000000818.